The van der Waals surface area contributed by atoms with Crippen molar-refractivity contribution in [3.05, 3.63) is 35.4 Å². The zero-order valence-corrected chi connectivity index (χ0v) is 13.6. The monoisotopic (exact) mass is 309 g/mol. The van der Waals surface area contributed by atoms with Gasteiger partial charge in [0.05, 0.1) is 17.9 Å². The minimum Gasteiger partial charge on any atom is -0.308 e. The van der Waals surface area contributed by atoms with E-state index >= 15 is 0 Å². The van der Waals surface area contributed by atoms with Gasteiger partial charge in [-0.05, 0) is 19.8 Å². The van der Waals surface area contributed by atoms with Gasteiger partial charge in [0.2, 0.25) is 0 Å². The maximum absolute atomic E-state index is 4.68. The molecule has 2 aromatic rings. The molecule has 6 heteroatoms. The maximum atomic E-state index is 4.68. The van der Waals surface area contributed by atoms with E-state index in [1.165, 1.54) is 36.8 Å². The predicted molar refractivity (Wildman–Crippen MR) is 85.5 cm³/mol. The van der Waals surface area contributed by atoms with E-state index in [0.717, 1.165) is 18.8 Å². The number of halogens is 1. The van der Waals surface area contributed by atoms with Crippen LogP contribution in [0.15, 0.2) is 18.6 Å². The van der Waals surface area contributed by atoms with Crippen LogP contribution >= 0.6 is 12.4 Å². The summed E-state index contributed by atoms with van der Waals surface area (Å²) < 4.78 is 4.02. The Morgan fingerprint density at radius 3 is 2.67 bits per heavy atom. The minimum atomic E-state index is 0. The Morgan fingerprint density at radius 2 is 2.00 bits per heavy atom. The fourth-order valence-electron chi connectivity index (χ4n) is 2.95. The first kappa shape index (κ1) is 16.0. The van der Waals surface area contributed by atoms with Crippen LogP contribution in [0.1, 0.15) is 48.5 Å². The lowest BCUT2D eigenvalue weighted by atomic mass is 10.2. The highest BCUT2D eigenvalue weighted by molar-refractivity contribution is 5.85. The molecule has 1 aliphatic carbocycles. The molecule has 0 amide bonds. The summed E-state index contributed by atoms with van der Waals surface area (Å²) in [5, 5.41) is 12.3. The van der Waals surface area contributed by atoms with Crippen molar-refractivity contribution in [2.75, 3.05) is 0 Å². The number of aryl methyl sites for hydroxylation is 2. The summed E-state index contributed by atoms with van der Waals surface area (Å²) in [6.07, 6.45) is 11.4. The van der Waals surface area contributed by atoms with Crippen LogP contribution in [0.3, 0.4) is 0 Å². The third-order valence-electron chi connectivity index (χ3n) is 4.12. The highest BCUT2D eigenvalue weighted by atomic mass is 35.5. The van der Waals surface area contributed by atoms with Crippen molar-refractivity contribution in [1.29, 1.82) is 0 Å². The number of nitrogens with zero attached hydrogens (tertiary/aromatic N) is 4. The smallest absolute Gasteiger partial charge is 0.0638 e. The Balaban J connectivity index is 0.00000161. The maximum Gasteiger partial charge on any atom is 0.0638 e. The second-order valence-corrected chi connectivity index (χ2v) is 5.78. The summed E-state index contributed by atoms with van der Waals surface area (Å²) in [5.41, 5.74) is 3.67. The number of aromatic nitrogens is 4. The number of hydrogen-bond donors (Lipinski definition) is 1. The normalized spacial score (nSPS) is 15.3. The summed E-state index contributed by atoms with van der Waals surface area (Å²) in [7, 11) is 1.94. The molecule has 5 nitrogen and oxygen atoms in total. The topological polar surface area (TPSA) is 47.7 Å². The van der Waals surface area contributed by atoms with E-state index in [2.05, 4.69) is 33.3 Å². The van der Waals surface area contributed by atoms with Crippen LogP contribution in [0.5, 0.6) is 0 Å². The van der Waals surface area contributed by atoms with Crippen LogP contribution < -0.4 is 5.32 Å². The van der Waals surface area contributed by atoms with Crippen molar-refractivity contribution >= 4 is 12.4 Å². The molecule has 0 radical (unpaired) electrons. The van der Waals surface area contributed by atoms with Gasteiger partial charge in [-0.1, -0.05) is 12.8 Å². The van der Waals surface area contributed by atoms with Gasteiger partial charge in [-0.2, -0.15) is 10.2 Å². The fourth-order valence-corrected chi connectivity index (χ4v) is 2.95. The molecule has 0 saturated heterocycles. The molecule has 0 aromatic carbocycles. The Bertz CT molecular complexity index is 568. The largest absolute Gasteiger partial charge is 0.308 e. The van der Waals surface area contributed by atoms with Gasteiger partial charge < -0.3 is 5.32 Å². The van der Waals surface area contributed by atoms with Crippen molar-refractivity contribution in [2.45, 2.75) is 51.7 Å². The van der Waals surface area contributed by atoms with Gasteiger partial charge in [0, 0.05) is 43.7 Å². The average Bonchev–Trinajstić information content (AvgIpc) is 3.12. The Morgan fingerprint density at radius 1 is 1.24 bits per heavy atom. The van der Waals surface area contributed by atoms with E-state index in [1.807, 2.05) is 24.1 Å². The highest BCUT2D eigenvalue weighted by Gasteiger charge is 2.18. The summed E-state index contributed by atoms with van der Waals surface area (Å²) in [6.45, 7) is 3.82. The molecule has 1 aliphatic rings. The van der Waals surface area contributed by atoms with Crippen LogP contribution in [0.25, 0.3) is 0 Å². The molecule has 0 aliphatic heterocycles. The predicted octanol–water partition coefficient (Wildman–Crippen LogP) is 2.75. The molecule has 0 atom stereocenters. The van der Waals surface area contributed by atoms with Crippen molar-refractivity contribution in [1.82, 2.24) is 24.9 Å². The SMILES string of the molecule is Cc1nn(C2CCCC2)cc1CNCc1cnn(C)c1.Cl. The lowest BCUT2D eigenvalue weighted by Gasteiger charge is -2.08. The molecular weight excluding hydrogens is 286 g/mol. The number of nitrogens with one attached hydrogen (secondary N) is 1. The molecule has 0 spiro atoms. The zero-order chi connectivity index (χ0) is 13.9. The van der Waals surface area contributed by atoms with E-state index in [4.69, 9.17) is 0 Å². The molecule has 21 heavy (non-hydrogen) atoms. The first-order valence-electron chi connectivity index (χ1n) is 7.45. The third-order valence-corrected chi connectivity index (χ3v) is 4.12. The van der Waals surface area contributed by atoms with E-state index < -0.39 is 0 Å². The molecule has 116 valence electrons. The average molecular weight is 310 g/mol. The van der Waals surface area contributed by atoms with Gasteiger partial charge >= 0.3 is 0 Å². The van der Waals surface area contributed by atoms with Crippen molar-refractivity contribution in [3.8, 4) is 0 Å². The van der Waals surface area contributed by atoms with Crippen LogP contribution in [0, 0.1) is 6.92 Å². The first-order chi connectivity index (χ1) is 9.72. The van der Waals surface area contributed by atoms with E-state index in [1.54, 1.807) is 0 Å². The molecule has 2 heterocycles. The van der Waals surface area contributed by atoms with Crippen molar-refractivity contribution in [2.24, 2.45) is 7.05 Å². The lowest BCUT2D eigenvalue weighted by Crippen LogP contribution is -2.12. The highest BCUT2D eigenvalue weighted by Crippen LogP contribution is 2.29. The minimum absolute atomic E-state index is 0. The van der Waals surface area contributed by atoms with E-state index in [0.29, 0.717) is 6.04 Å². The standard InChI is InChI=1S/C15H23N5.ClH/c1-12-14(9-16-7-13-8-17-19(2)10-13)11-20(18-12)15-5-3-4-6-15;/h8,10-11,15-16H,3-7,9H2,1-2H3;1H. The summed E-state index contributed by atoms with van der Waals surface area (Å²) >= 11 is 0. The molecule has 2 aromatic heterocycles. The lowest BCUT2D eigenvalue weighted by molar-refractivity contribution is 0.464. The van der Waals surface area contributed by atoms with Crippen LogP contribution in [-0.4, -0.2) is 19.6 Å². The van der Waals surface area contributed by atoms with E-state index in [9.17, 15) is 0 Å². The van der Waals surface area contributed by atoms with Crippen LogP contribution in [0.4, 0.5) is 0 Å². The second-order valence-electron chi connectivity index (χ2n) is 5.78. The van der Waals surface area contributed by atoms with Crippen LogP contribution in [0.2, 0.25) is 0 Å². The molecule has 0 bridgehead atoms. The van der Waals surface area contributed by atoms with Gasteiger partial charge in [-0.25, -0.2) is 0 Å². The molecular formula is C15H24ClN5. The van der Waals surface area contributed by atoms with Crippen molar-refractivity contribution in [3.63, 3.8) is 0 Å². The van der Waals surface area contributed by atoms with E-state index in [-0.39, 0.29) is 12.4 Å². The molecule has 3 rings (SSSR count). The molecule has 1 N–H and O–H groups in total. The summed E-state index contributed by atoms with van der Waals surface area (Å²) in [6, 6.07) is 0.626. The van der Waals surface area contributed by atoms with Crippen molar-refractivity contribution < 1.29 is 0 Å². The van der Waals surface area contributed by atoms with Gasteiger partial charge in [-0.15, -0.1) is 12.4 Å². The Kier molecular flexibility index (Phi) is 5.42. The molecule has 1 fully saturated rings. The van der Waals surface area contributed by atoms with Gasteiger partial charge in [0.25, 0.3) is 0 Å². The number of rotatable bonds is 5. The van der Waals surface area contributed by atoms with Gasteiger partial charge in [0.15, 0.2) is 0 Å². The second kappa shape index (κ2) is 7.09. The fraction of sp³-hybridized carbons (Fsp3) is 0.600. The van der Waals surface area contributed by atoms with Gasteiger partial charge in [-0.3, -0.25) is 9.36 Å². The molecule has 0 unspecified atom stereocenters. The van der Waals surface area contributed by atoms with Crippen LogP contribution in [-0.2, 0) is 20.1 Å². The number of hydrogen-bond acceptors (Lipinski definition) is 3. The quantitative estimate of drug-likeness (QED) is 0.924. The Labute approximate surface area is 132 Å². The Hall–Kier alpha value is -1.33. The molecule has 1 saturated carbocycles. The third kappa shape index (κ3) is 3.86. The van der Waals surface area contributed by atoms with Gasteiger partial charge in [0.1, 0.15) is 0 Å². The summed E-state index contributed by atoms with van der Waals surface area (Å²) in [4.78, 5) is 0. The first-order valence-corrected chi connectivity index (χ1v) is 7.45. The summed E-state index contributed by atoms with van der Waals surface area (Å²) in [5.74, 6) is 0. The zero-order valence-electron chi connectivity index (χ0n) is 12.7.